The highest BCUT2D eigenvalue weighted by molar-refractivity contribution is 5.92. The van der Waals surface area contributed by atoms with Crippen LogP contribution in [0.15, 0.2) is 0 Å². The smallest absolute Gasteiger partial charge is 0.245 e. The predicted molar refractivity (Wildman–Crippen MR) is 79.9 cm³/mol. The zero-order valence-corrected chi connectivity index (χ0v) is 13.3. The van der Waals surface area contributed by atoms with Gasteiger partial charge >= 0.3 is 0 Å². The minimum Gasteiger partial charge on any atom is -0.377 e. The van der Waals surface area contributed by atoms with E-state index in [2.05, 4.69) is 10.6 Å². The van der Waals surface area contributed by atoms with Crippen LogP contribution >= 0.6 is 0 Å². The molecule has 2 aliphatic heterocycles. The number of nitrogens with zero attached hydrogens (tertiary/aromatic N) is 1. The van der Waals surface area contributed by atoms with Crippen molar-refractivity contribution in [2.24, 2.45) is 0 Å². The summed E-state index contributed by atoms with van der Waals surface area (Å²) in [6.45, 7) is 7.88. The molecule has 2 atom stereocenters. The van der Waals surface area contributed by atoms with Gasteiger partial charge in [0.2, 0.25) is 11.8 Å². The Morgan fingerprint density at radius 2 is 2.14 bits per heavy atom. The van der Waals surface area contributed by atoms with E-state index in [1.165, 1.54) is 0 Å². The van der Waals surface area contributed by atoms with Gasteiger partial charge in [-0.2, -0.15) is 0 Å². The standard InChI is InChI=1S/C15H27N3O3/c1-11(2)17-13(19)12-10-21-9-8-18(12)14(20)15(3)6-4-5-7-16-15/h11-12,16H,4-10H2,1-3H3,(H,17,19). The Balaban J connectivity index is 2.10. The third-order valence-corrected chi connectivity index (χ3v) is 4.21. The van der Waals surface area contributed by atoms with Crippen LogP contribution in [-0.4, -0.2) is 60.6 Å². The van der Waals surface area contributed by atoms with Crippen molar-refractivity contribution < 1.29 is 14.3 Å². The van der Waals surface area contributed by atoms with Crippen LogP contribution in [0.2, 0.25) is 0 Å². The first-order chi connectivity index (χ1) is 9.94. The minimum absolute atomic E-state index is 0.0226. The van der Waals surface area contributed by atoms with E-state index in [4.69, 9.17) is 4.74 Å². The van der Waals surface area contributed by atoms with Gasteiger partial charge < -0.3 is 20.3 Å². The number of carbonyl (C=O) groups excluding carboxylic acids is 2. The van der Waals surface area contributed by atoms with Crippen molar-refractivity contribution in [3.8, 4) is 0 Å². The fourth-order valence-corrected chi connectivity index (χ4v) is 3.00. The monoisotopic (exact) mass is 297 g/mol. The fourth-order valence-electron chi connectivity index (χ4n) is 3.00. The number of carbonyl (C=O) groups is 2. The van der Waals surface area contributed by atoms with Crippen molar-refractivity contribution in [1.82, 2.24) is 15.5 Å². The van der Waals surface area contributed by atoms with Gasteiger partial charge in [-0.25, -0.2) is 0 Å². The quantitative estimate of drug-likeness (QED) is 0.784. The Morgan fingerprint density at radius 1 is 1.38 bits per heavy atom. The second-order valence-corrected chi connectivity index (χ2v) is 6.47. The molecule has 0 bridgehead atoms. The van der Waals surface area contributed by atoms with E-state index < -0.39 is 11.6 Å². The molecule has 21 heavy (non-hydrogen) atoms. The Labute approximate surface area is 126 Å². The number of morpholine rings is 1. The molecule has 2 heterocycles. The van der Waals surface area contributed by atoms with Crippen LogP contribution in [0.25, 0.3) is 0 Å². The topological polar surface area (TPSA) is 70.7 Å². The molecule has 2 fully saturated rings. The van der Waals surface area contributed by atoms with Gasteiger partial charge in [-0.1, -0.05) is 0 Å². The largest absolute Gasteiger partial charge is 0.377 e. The highest BCUT2D eigenvalue weighted by Gasteiger charge is 2.42. The summed E-state index contributed by atoms with van der Waals surface area (Å²) < 4.78 is 5.41. The molecule has 2 rings (SSSR count). The second-order valence-electron chi connectivity index (χ2n) is 6.47. The normalized spacial score (nSPS) is 30.3. The van der Waals surface area contributed by atoms with E-state index in [-0.39, 0.29) is 24.5 Å². The lowest BCUT2D eigenvalue weighted by molar-refractivity contribution is -0.154. The number of hydrogen-bond donors (Lipinski definition) is 2. The van der Waals surface area contributed by atoms with Crippen molar-refractivity contribution >= 4 is 11.8 Å². The van der Waals surface area contributed by atoms with Gasteiger partial charge in [-0.15, -0.1) is 0 Å². The first-order valence-electron chi connectivity index (χ1n) is 7.88. The molecule has 2 saturated heterocycles. The molecule has 0 aromatic carbocycles. The maximum Gasteiger partial charge on any atom is 0.245 e. The number of nitrogens with one attached hydrogen (secondary N) is 2. The van der Waals surface area contributed by atoms with Crippen LogP contribution in [0, 0.1) is 0 Å². The second kappa shape index (κ2) is 6.75. The molecule has 2 amide bonds. The van der Waals surface area contributed by atoms with Crippen LogP contribution < -0.4 is 10.6 Å². The zero-order valence-electron chi connectivity index (χ0n) is 13.3. The lowest BCUT2D eigenvalue weighted by Crippen LogP contribution is -2.65. The van der Waals surface area contributed by atoms with Crippen LogP contribution in [0.1, 0.15) is 40.0 Å². The summed E-state index contributed by atoms with van der Waals surface area (Å²) in [6, 6.07) is -0.464. The van der Waals surface area contributed by atoms with E-state index in [1.807, 2.05) is 20.8 Å². The molecule has 2 N–H and O–H groups in total. The molecule has 0 saturated carbocycles. The van der Waals surface area contributed by atoms with E-state index in [0.717, 1.165) is 25.8 Å². The van der Waals surface area contributed by atoms with Gasteiger partial charge in [0.25, 0.3) is 0 Å². The van der Waals surface area contributed by atoms with Gasteiger partial charge in [0, 0.05) is 12.6 Å². The van der Waals surface area contributed by atoms with Gasteiger partial charge in [0.05, 0.1) is 18.8 Å². The van der Waals surface area contributed by atoms with Crippen LogP contribution in [0.5, 0.6) is 0 Å². The van der Waals surface area contributed by atoms with Crippen LogP contribution in [0.4, 0.5) is 0 Å². The van der Waals surface area contributed by atoms with Crippen molar-refractivity contribution in [1.29, 1.82) is 0 Å². The average Bonchev–Trinajstić information content (AvgIpc) is 2.46. The highest BCUT2D eigenvalue weighted by atomic mass is 16.5. The molecule has 0 aromatic rings. The molecule has 0 spiro atoms. The molecule has 0 aliphatic carbocycles. The maximum atomic E-state index is 12.9. The summed E-state index contributed by atoms with van der Waals surface area (Å²) in [7, 11) is 0. The number of piperidine rings is 1. The average molecular weight is 297 g/mol. The molecule has 2 aliphatic rings. The summed E-state index contributed by atoms with van der Waals surface area (Å²) in [5.41, 5.74) is -0.550. The zero-order chi connectivity index (χ0) is 15.5. The molecular weight excluding hydrogens is 270 g/mol. The molecule has 0 aromatic heterocycles. The van der Waals surface area contributed by atoms with Gasteiger partial charge in [-0.05, 0) is 46.6 Å². The molecule has 6 heteroatoms. The van der Waals surface area contributed by atoms with Crippen LogP contribution in [0.3, 0.4) is 0 Å². The summed E-state index contributed by atoms with van der Waals surface area (Å²) in [5.74, 6) is -0.105. The third kappa shape index (κ3) is 3.74. The molecule has 120 valence electrons. The third-order valence-electron chi connectivity index (χ3n) is 4.21. The summed E-state index contributed by atoms with van der Waals surface area (Å²) in [4.78, 5) is 26.9. The van der Waals surface area contributed by atoms with Gasteiger partial charge in [0.15, 0.2) is 0 Å². The van der Waals surface area contributed by atoms with E-state index >= 15 is 0 Å². The Hall–Kier alpha value is -1.14. The predicted octanol–water partition coefficient (Wildman–Crippen LogP) is 0.271. The Morgan fingerprint density at radius 3 is 2.76 bits per heavy atom. The summed E-state index contributed by atoms with van der Waals surface area (Å²) in [6.07, 6.45) is 2.97. The van der Waals surface area contributed by atoms with Crippen molar-refractivity contribution in [2.75, 3.05) is 26.3 Å². The summed E-state index contributed by atoms with van der Waals surface area (Å²) >= 11 is 0. The van der Waals surface area contributed by atoms with Crippen molar-refractivity contribution in [2.45, 2.75) is 57.7 Å². The number of rotatable bonds is 3. The van der Waals surface area contributed by atoms with E-state index in [1.54, 1.807) is 4.90 Å². The van der Waals surface area contributed by atoms with Crippen molar-refractivity contribution in [3.63, 3.8) is 0 Å². The summed E-state index contributed by atoms with van der Waals surface area (Å²) in [5, 5.41) is 6.21. The number of amides is 2. The molecule has 0 radical (unpaired) electrons. The SMILES string of the molecule is CC(C)NC(=O)C1COCCN1C(=O)C1(C)CCCCN1. The Kier molecular flexibility index (Phi) is 5.22. The molecular formula is C15H27N3O3. The first-order valence-corrected chi connectivity index (χ1v) is 7.88. The minimum atomic E-state index is -0.550. The van der Waals surface area contributed by atoms with E-state index in [9.17, 15) is 9.59 Å². The molecule has 6 nitrogen and oxygen atoms in total. The van der Waals surface area contributed by atoms with Crippen molar-refractivity contribution in [3.05, 3.63) is 0 Å². The lowest BCUT2D eigenvalue weighted by atomic mass is 9.89. The highest BCUT2D eigenvalue weighted by Crippen LogP contribution is 2.23. The first kappa shape index (κ1) is 16.2. The van der Waals surface area contributed by atoms with E-state index in [0.29, 0.717) is 13.2 Å². The lowest BCUT2D eigenvalue weighted by Gasteiger charge is -2.42. The van der Waals surface area contributed by atoms with Gasteiger partial charge in [-0.3, -0.25) is 9.59 Å². The van der Waals surface area contributed by atoms with Gasteiger partial charge in [0.1, 0.15) is 6.04 Å². The fraction of sp³-hybridized carbons (Fsp3) is 0.867. The maximum absolute atomic E-state index is 12.9. The number of ether oxygens (including phenoxy) is 1. The Bertz CT molecular complexity index is 392. The van der Waals surface area contributed by atoms with Crippen LogP contribution in [-0.2, 0) is 14.3 Å². The molecule has 2 unspecified atom stereocenters. The number of hydrogen-bond acceptors (Lipinski definition) is 4.